The number of aliphatic hydroxyl groups excluding tert-OH is 1. The average Bonchev–Trinajstić information content (AvgIpc) is 2.20. The highest BCUT2D eigenvalue weighted by Gasteiger charge is 2.05. The van der Waals surface area contributed by atoms with Gasteiger partial charge in [0.05, 0.1) is 0 Å². The average molecular weight is 232 g/mol. The van der Waals surface area contributed by atoms with Gasteiger partial charge < -0.3 is 5.11 Å². The van der Waals surface area contributed by atoms with Gasteiger partial charge in [0.2, 0.25) is 0 Å². The third-order valence-electron chi connectivity index (χ3n) is 2.05. The predicted molar refractivity (Wildman–Crippen MR) is 58.8 cm³/mol. The number of benzene rings is 1. The van der Waals surface area contributed by atoms with E-state index < -0.39 is 11.6 Å². The van der Waals surface area contributed by atoms with Crippen LogP contribution in [0.25, 0.3) is 0 Å². The van der Waals surface area contributed by atoms with Gasteiger partial charge in [0.15, 0.2) is 11.6 Å². The monoisotopic (exact) mass is 232 g/mol. The molecule has 0 bridgehead atoms. The Hall–Kier alpha value is -0.610. The second-order valence-corrected chi connectivity index (χ2v) is 4.81. The van der Waals surface area contributed by atoms with Crippen molar-refractivity contribution in [2.75, 3.05) is 6.61 Å². The second-order valence-electron chi connectivity index (χ2n) is 3.38. The van der Waals surface area contributed by atoms with Gasteiger partial charge in [-0.25, -0.2) is 8.78 Å². The molecular formula is C11H14F2OS. The van der Waals surface area contributed by atoms with Crippen LogP contribution in [0.3, 0.4) is 0 Å². The number of hydrogen-bond acceptors (Lipinski definition) is 2. The van der Waals surface area contributed by atoms with Gasteiger partial charge >= 0.3 is 0 Å². The summed E-state index contributed by atoms with van der Waals surface area (Å²) in [5, 5.41) is 9.01. The summed E-state index contributed by atoms with van der Waals surface area (Å²) in [6.45, 7) is 2.16. The van der Waals surface area contributed by atoms with E-state index in [1.54, 1.807) is 17.8 Å². The summed E-state index contributed by atoms with van der Waals surface area (Å²) in [5.74, 6) is -0.978. The van der Waals surface area contributed by atoms with E-state index in [0.29, 0.717) is 17.4 Å². The molecule has 84 valence electrons. The third kappa shape index (κ3) is 4.18. The van der Waals surface area contributed by atoms with Gasteiger partial charge in [-0.05, 0) is 24.1 Å². The van der Waals surface area contributed by atoms with E-state index in [-0.39, 0.29) is 6.61 Å². The lowest BCUT2D eigenvalue weighted by atomic mass is 10.2. The molecule has 0 aliphatic heterocycles. The van der Waals surface area contributed by atoms with Crippen LogP contribution in [-0.2, 0) is 5.75 Å². The van der Waals surface area contributed by atoms with Gasteiger partial charge in [-0.15, -0.1) is 0 Å². The molecule has 0 aliphatic carbocycles. The van der Waals surface area contributed by atoms with E-state index >= 15 is 0 Å². The Kier molecular flexibility index (Phi) is 5.05. The van der Waals surface area contributed by atoms with Gasteiger partial charge in [0.1, 0.15) is 0 Å². The Morgan fingerprint density at radius 1 is 1.33 bits per heavy atom. The molecule has 0 spiro atoms. The third-order valence-corrected chi connectivity index (χ3v) is 3.36. The first-order chi connectivity index (χ1) is 7.13. The van der Waals surface area contributed by atoms with Crippen molar-refractivity contribution in [2.24, 2.45) is 0 Å². The van der Waals surface area contributed by atoms with E-state index in [9.17, 15) is 8.78 Å². The molecule has 0 saturated carbocycles. The van der Waals surface area contributed by atoms with Crippen LogP contribution < -0.4 is 0 Å². The summed E-state index contributed by atoms with van der Waals surface area (Å²) in [6.07, 6.45) is 0.717. The fourth-order valence-corrected chi connectivity index (χ4v) is 2.06. The molecule has 1 nitrogen and oxygen atoms in total. The second kappa shape index (κ2) is 6.08. The summed E-state index contributed by atoms with van der Waals surface area (Å²) < 4.78 is 25.4. The van der Waals surface area contributed by atoms with Gasteiger partial charge in [0.25, 0.3) is 0 Å². The molecule has 0 fully saturated rings. The quantitative estimate of drug-likeness (QED) is 0.842. The smallest absolute Gasteiger partial charge is 0.159 e. The topological polar surface area (TPSA) is 20.2 Å². The zero-order valence-electron chi connectivity index (χ0n) is 8.54. The number of rotatable bonds is 5. The molecule has 1 aromatic carbocycles. The minimum absolute atomic E-state index is 0.159. The van der Waals surface area contributed by atoms with Crippen molar-refractivity contribution >= 4 is 11.8 Å². The van der Waals surface area contributed by atoms with Crippen molar-refractivity contribution < 1.29 is 13.9 Å². The molecule has 0 aromatic heterocycles. The van der Waals surface area contributed by atoms with Crippen LogP contribution >= 0.6 is 11.8 Å². The molecule has 15 heavy (non-hydrogen) atoms. The molecule has 0 amide bonds. The fourth-order valence-electron chi connectivity index (χ4n) is 1.13. The first-order valence-corrected chi connectivity index (χ1v) is 5.84. The van der Waals surface area contributed by atoms with Crippen molar-refractivity contribution in [3.05, 3.63) is 35.4 Å². The minimum atomic E-state index is -0.813. The summed E-state index contributed by atoms with van der Waals surface area (Å²) in [7, 11) is 0. The highest BCUT2D eigenvalue weighted by molar-refractivity contribution is 7.99. The van der Waals surface area contributed by atoms with Gasteiger partial charge in [-0.3, -0.25) is 0 Å². The van der Waals surface area contributed by atoms with Gasteiger partial charge in [0, 0.05) is 17.6 Å². The van der Waals surface area contributed by atoms with Crippen LogP contribution in [0, 0.1) is 11.6 Å². The first-order valence-electron chi connectivity index (χ1n) is 4.80. The summed E-state index contributed by atoms with van der Waals surface area (Å²) in [5.41, 5.74) is 0.767. The highest BCUT2D eigenvalue weighted by Crippen LogP contribution is 2.20. The predicted octanol–water partition coefficient (Wildman–Crippen LogP) is 2.97. The zero-order chi connectivity index (χ0) is 11.3. The van der Waals surface area contributed by atoms with Crippen LogP contribution in [0.5, 0.6) is 0 Å². The van der Waals surface area contributed by atoms with Crippen LogP contribution in [0.4, 0.5) is 8.78 Å². The lowest BCUT2D eigenvalue weighted by Crippen LogP contribution is -2.00. The fraction of sp³-hybridized carbons (Fsp3) is 0.455. The molecule has 4 heteroatoms. The van der Waals surface area contributed by atoms with Gasteiger partial charge in [-0.2, -0.15) is 11.8 Å². The molecule has 0 saturated heterocycles. The number of aliphatic hydroxyl groups is 1. The Morgan fingerprint density at radius 2 is 2.07 bits per heavy atom. The summed E-state index contributed by atoms with van der Waals surface area (Å²) in [4.78, 5) is 0. The minimum Gasteiger partial charge on any atom is -0.396 e. The molecule has 1 aromatic rings. The molecule has 1 atom stereocenters. The van der Waals surface area contributed by atoms with Crippen molar-refractivity contribution in [3.8, 4) is 0 Å². The SMILES string of the molecule is CC(CCO)SCc1ccc(F)c(F)c1. The molecule has 1 N–H and O–H groups in total. The van der Waals surface area contributed by atoms with Crippen molar-refractivity contribution in [3.63, 3.8) is 0 Å². The van der Waals surface area contributed by atoms with E-state index in [2.05, 4.69) is 0 Å². The van der Waals surface area contributed by atoms with Crippen molar-refractivity contribution in [1.29, 1.82) is 0 Å². The van der Waals surface area contributed by atoms with Crippen LogP contribution in [0.15, 0.2) is 18.2 Å². The van der Waals surface area contributed by atoms with Crippen LogP contribution in [0.1, 0.15) is 18.9 Å². The van der Waals surface area contributed by atoms with Crippen LogP contribution in [0.2, 0.25) is 0 Å². The molecule has 1 unspecified atom stereocenters. The Labute approximate surface area is 92.5 Å². The molecule has 1 rings (SSSR count). The number of hydrogen-bond donors (Lipinski definition) is 1. The normalized spacial score (nSPS) is 12.8. The van der Waals surface area contributed by atoms with Gasteiger partial charge in [-0.1, -0.05) is 13.0 Å². The highest BCUT2D eigenvalue weighted by atomic mass is 32.2. The van der Waals surface area contributed by atoms with E-state index in [1.165, 1.54) is 6.07 Å². The van der Waals surface area contributed by atoms with Crippen molar-refractivity contribution in [2.45, 2.75) is 24.3 Å². The first kappa shape index (κ1) is 12.5. The maximum Gasteiger partial charge on any atom is 0.159 e. The molecule has 0 radical (unpaired) electrons. The van der Waals surface area contributed by atoms with E-state index in [1.807, 2.05) is 6.92 Å². The van der Waals surface area contributed by atoms with Crippen LogP contribution in [-0.4, -0.2) is 17.0 Å². The molecule has 0 aliphatic rings. The number of halogens is 2. The lowest BCUT2D eigenvalue weighted by Gasteiger charge is -2.09. The standard InChI is InChI=1S/C11H14F2OS/c1-8(4-5-14)15-7-9-2-3-10(12)11(13)6-9/h2-3,6,8,14H,4-5,7H2,1H3. The maximum absolute atomic E-state index is 12.8. The molecular weight excluding hydrogens is 218 g/mol. The Morgan fingerprint density at radius 3 is 2.67 bits per heavy atom. The molecule has 0 heterocycles. The van der Waals surface area contributed by atoms with E-state index in [0.717, 1.165) is 11.6 Å². The van der Waals surface area contributed by atoms with E-state index in [4.69, 9.17) is 5.11 Å². The zero-order valence-corrected chi connectivity index (χ0v) is 9.36. The number of thioether (sulfide) groups is 1. The Bertz CT molecular complexity index is 317. The lowest BCUT2D eigenvalue weighted by molar-refractivity contribution is 0.289. The summed E-state index contributed by atoms with van der Waals surface area (Å²) >= 11 is 1.62. The van der Waals surface area contributed by atoms with Crippen molar-refractivity contribution in [1.82, 2.24) is 0 Å². The largest absolute Gasteiger partial charge is 0.396 e. The maximum atomic E-state index is 12.8. The summed E-state index contributed by atoms with van der Waals surface area (Å²) in [6, 6.07) is 3.94. The Balaban J connectivity index is 2.47.